The maximum absolute atomic E-state index is 8.78. The topological polar surface area (TPSA) is 23.8 Å². The van der Waals surface area contributed by atoms with Gasteiger partial charge in [0.1, 0.15) is 0 Å². The predicted octanol–water partition coefficient (Wildman–Crippen LogP) is 4.10. The first kappa shape index (κ1) is 11.0. The van der Waals surface area contributed by atoms with E-state index in [0.717, 1.165) is 5.56 Å². The minimum atomic E-state index is 0.514. The van der Waals surface area contributed by atoms with E-state index >= 15 is 0 Å². The van der Waals surface area contributed by atoms with E-state index in [1.807, 2.05) is 6.07 Å². The van der Waals surface area contributed by atoms with Gasteiger partial charge in [-0.15, -0.1) is 0 Å². The quantitative estimate of drug-likeness (QED) is 0.722. The van der Waals surface area contributed by atoms with E-state index in [9.17, 15) is 0 Å². The highest BCUT2D eigenvalue weighted by molar-refractivity contribution is 5.57. The molecule has 1 aromatic rings. The highest BCUT2D eigenvalue weighted by Crippen LogP contribution is 2.25. The van der Waals surface area contributed by atoms with Gasteiger partial charge in [0.15, 0.2) is 0 Å². The van der Waals surface area contributed by atoms with Gasteiger partial charge in [0, 0.05) is 0 Å². The van der Waals surface area contributed by atoms with E-state index in [2.05, 4.69) is 30.3 Å². The molecular formula is C15H17N. The average Bonchev–Trinajstić information content (AvgIpc) is 2.33. The normalized spacial score (nSPS) is 15.6. The number of hydrogen-bond donors (Lipinski definition) is 0. The first-order chi connectivity index (χ1) is 7.90. The van der Waals surface area contributed by atoms with Gasteiger partial charge in [-0.1, -0.05) is 42.3 Å². The molecule has 1 aromatic carbocycles. The molecule has 0 aliphatic heterocycles. The van der Waals surface area contributed by atoms with Crippen molar-refractivity contribution in [3.8, 4) is 6.07 Å². The van der Waals surface area contributed by atoms with Gasteiger partial charge in [0.2, 0.25) is 0 Å². The molecule has 0 amide bonds. The van der Waals surface area contributed by atoms with Crippen molar-refractivity contribution in [3.05, 3.63) is 41.0 Å². The fraction of sp³-hybridized carbons (Fsp3) is 0.400. The largest absolute Gasteiger partial charge is 0.198 e. The maximum atomic E-state index is 8.78. The van der Waals surface area contributed by atoms with Crippen LogP contribution in [0.5, 0.6) is 0 Å². The fourth-order valence-corrected chi connectivity index (χ4v) is 2.29. The molecule has 1 heteroatoms. The van der Waals surface area contributed by atoms with Gasteiger partial charge in [-0.05, 0) is 36.8 Å². The Balaban J connectivity index is 2.22. The Morgan fingerprint density at radius 2 is 1.88 bits per heavy atom. The van der Waals surface area contributed by atoms with Gasteiger partial charge in [-0.3, -0.25) is 0 Å². The summed E-state index contributed by atoms with van der Waals surface area (Å²) in [5.74, 6) is 0. The molecule has 0 unspecified atom stereocenters. The van der Waals surface area contributed by atoms with Crippen LogP contribution in [0.2, 0.25) is 0 Å². The standard InChI is InChI=1S/C15H17N/c16-11-10-14-8-4-5-9-15(14)12-13-6-2-1-3-7-13/h4-5,8-9,12H,1-3,6-7,10H2. The minimum Gasteiger partial charge on any atom is -0.198 e. The smallest absolute Gasteiger partial charge is 0.0669 e. The van der Waals surface area contributed by atoms with Crippen LogP contribution in [0.25, 0.3) is 6.08 Å². The lowest BCUT2D eigenvalue weighted by molar-refractivity contribution is 0.602. The molecule has 0 spiro atoms. The Bertz CT molecular complexity index is 415. The van der Waals surface area contributed by atoms with Gasteiger partial charge in [-0.25, -0.2) is 0 Å². The second-order valence-corrected chi connectivity index (χ2v) is 4.40. The summed E-state index contributed by atoms with van der Waals surface area (Å²) in [6.07, 6.45) is 9.31. The Kier molecular flexibility index (Phi) is 3.77. The van der Waals surface area contributed by atoms with E-state index in [4.69, 9.17) is 5.26 Å². The highest BCUT2D eigenvalue weighted by atomic mass is 14.2. The van der Waals surface area contributed by atoms with E-state index < -0.39 is 0 Å². The molecule has 0 radical (unpaired) electrons. The van der Waals surface area contributed by atoms with Crippen LogP contribution in [0.1, 0.15) is 43.2 Å². The molecule has 16 heavy (non-hydrogen) atoms. The molecule has 0 aromatic heterocycles. The Labute approximate surface area is 97.4 Å². The molecular weight excluding hydrogens is 194 g/mol. The van der Waals surface area contributed by atoms with Crippen molar-refractivity contribution in [3.63, 3.8) is 0 Å². The number of rotatable bonds is 2. The zero-order valence-electron chi connectivity index (χ0n) is 9.58. The second-order valence-electron chi connectivity index (χ2n) is 4.40. The van der Waals surface area contributed by atoms with E-state index in [1.165, 1.54) is 37.7 Å². The van der Waals surface area contributed by atoms with Crippen LogP contribution < -0.4 is 0 Å². The molecule has 0 bridgehead atoms. The van der Waals surface area contributed by atoms with Gasteiger partial charge < -0.3 is 0 Å². The molecule has 2 rings (SSSR count). The van der Waals surface area contributed by atoms with Crippen molar-refractivity contribution in [2.75, 3.05) is 0 Å². The highest BCUT2D eigenvalue weighted by Gasteiger charge is 2.06. The van der Waals surface area contributed by atoms with Crippen molar-refractivity contribution in [2.24, 2.45) is 0 Å². The molecule has 1 saturated carbocycles. The summed E-state index contributed by atoms with van der Waals surface area (Å²) in [4.78, 5) is 0. The number of nitriles is 1. The SMILES string of the molecule is N#CCc1ccccc1C=C1CCCCC1. The number of allylic oxidation sites excluding steroid dienone is 1. The third-order valence-corrected chi connectivity index (χ3v) is 3.18. The summed E-state index contributed by atoms with van der Waals surface area (Å²) in [5.41, 5.74) is 3.95. The minimum absolute atomic E-state index is 0.514. The third kappa shape index (κ3) is 2.73. The first-order valence-electron chi connectivity index (χ1n) is 6.04. The van der Waals surface area contributed by atoms with Crippen LogP contribution in [0.3, 0.4) is 0 Å². The Morgan fingerprint density at radius 3 is 2.62 bits per heavy atom. The third-order valence-electron chi connectivity index (χ3n) is 3.18. The molecule has 1 nitrogen and oxygen atoms in total. The van der Waals surface area contributed by atoms with Crippen LogP contribution in [-0.2, 0) is 6.42 Å². The fourth-order valence-electron chi connectivity index (χ4n) is 2.29. The van der Waals surface area contributed by atoms with Crippen molar-refractivity contribution in [1.29, 1.82) is 5.26 Å². The maximum Gasteiger partial charge on any atom is 0.0669 e. The average molecular weight is 211 g/mol. The Hall–Kier alpha value is -1.55. The zero-order chi connectivity index (χ0) is 11.2. The van der Waals surface area contributed by atoms with E-state index in [0.29, 0.717) is 6.42 Å². The summed E-state index contributed by atoms with van der Waals surface area (Å²) in [6, 6.07) is 10.5. The predicted molar refractivity (Wildman–Crippen MR) is 66.8 cm³/mol. The number of nitrogens with zero attached hydrogens (tertiary/aromatic N) is 1. The van der Waals surface area contributed by atoms with E-state index in [1.54, 1.807) is 5.57 Å². The molecule has 82 valence electrons. The molecule has 0 N–H and O–H groups in total. The van der Waals surface area contributed by atoms with Gasteiger partial charge in [-0.2, -0.15) is 5.26 Å². The summed E-state index contributed by atoms with van der Waals surface area (Å²) >= 11 is 0. The first-order valence-corrected chi connectivity index (χ1v) is 6.04. The molecule has 0 atom stereocenters. The molecule has 0 saturated heterocycles. The lowest BCUT2D eigenvalue weighted by atomic mass is 9.92. The van der Waals surface area contributed by atoms with Crippen LogP contribution in [0.15, 0.2) is 29.8 Å². The van der Waals surface area contributed by atoms with Crippen LogP contribution in [0.4, 0.5) is 0 Å². The number of hydrogen-bond acceptors (Lipinski definition) is 1. The lowest BCUT2D eigenvalue weighted by Crippen LogP contribution is -1.94. The molecule has 0 heterocycles. The van der Waals surface area contributed by atoms with Crippen molar-refractivity contribution < 1.29 is 0 Å². The molecule has 1 aliphatic carbocycles. The Morgan fingerprint density at radius 1 is 1.12 bits per heavy atom. The van der Waals surface area contributed by atoms with Crippen LogP contribution >= 0.6 is 0 Å². The van der Waals surface area contributed by atoms with Gasteiger partial charge in [0.25, 0.3) is 0 Å². The van der Waals surface area contributed by atoms with Crippen molar-refractivity contribution in [2.45, 2.75) is 38.5 Å². The van der Waals surface area contributed by atoms with Gasteiger partial charge in [0.05, 0.1) is 12.5 Å². The monoisotopic (exact) mass is 211 g/mol. The molecule has 1 aliphatic rings. The van der Waals surface area contributed by atoms with Crippen LogP contribution in [-0.4, -0.2) is 0 Å². The molecule has 1 fully saturated rings. The van der Waals surface area contributed by atoms with Crippen molar-refractivity contribution >= 4 is 6.08 Å². The summed E-state index contributed by atoms with van der Waals surface area (Å²) < 4.78 is 0. The summed E-state index contributed by atoms with van der Waals surface area (Å²) in [7, 11) is 0. The van der Waals surface area contributed by atoms with Gasteiger partial charge >= 0.3 is 0 Å². The van der Waals surface area contributed by atoms with Crippen LogP contribution in [0, 0.1) is 11.3 Å². The van der Waals surface area contributed by atoms with Crippen molar-refractivity contribution in [1.82, 2.24) is 0 Å². The zero-order valence-corrected chi connectivity index (χ0v) is 9.58. The van der Waals surface area contributed by atoms with E-state index in [-0.39, 0.29) is 0 Å². The lowest BCUT2D eigenvalue weighted by Gasteiger charge is -2.14. The summed E-state index contributed by atoms with van der Waals surface area (Å²) in [5, 5.41) is 8.78. The number of benzene rings is 1. The second kappa shape index (κ2) is 5.51. The summed E-state index contributed by atoms with van der Waals surface area (Å²) in [6.45, 7) is 0.